The first-order valence-corrected chi connectivity index (χ1v) is 6.20. The van der Waals surface area contributed by atoms with E-state index in [1.165, 1.54) is 7.11 Å². The van der Waals surface area contributed by atoms with Gasteiger partial charge in [0.25, 0.3) is 0 Å². The van der Waals surface area contributed by atoms with Gasteiger partial charge in [-0.2, -0.15) is 0 Å². The molecule has 0 saturated heterocycles. The van der Waals surface area contributed by atoms with Crippen molar-refractivity contribution in [2.75, 3.05) is 7.11 Å². The Labute approximate surface area is 107 Å². The molecule has 0 heterocycles. The monoisotopic (exact) mass is 246 g/mol. The number of aliphatic hydroxyl groups is 1. The molecular formula is C15H18O3. The first kappa shape index (κ1) is 12.8. The Hall–Kier alpha value is -1.61. The SMILES string of the molecule is COC(=O)[C@@H]1CC=C[C@@H]([C@@H](O)c2ccccc2)C1. The molecule has 3 nitrogen and oxygen atoms in total. The molecule has 0 spiro atoms. The molecule has 18 heavy (non-hydrogen) atoms. The zero-order valence-electron chi connectivity index (χ0n) is 10.5. The van der Waals surface area contributed by atoms with Crippen molar-refractivity contribution in [1.29, 1.82) is 0 Å². The Kier molecular flexibility index (Phi) is 4.15. The molecule has 0 aliphatic heterocycles. The van der Waals surface area contributed by atoms with Crippen molar-refractivity contribution >= 4 is 5.97 Å². The van der Waals surface area contributed by atoms with Crippen molar-refractivity contribution in [3.63, 3.8) is 0 Å². The number of benzene rings is 1. The first-order valence-electron chi connectivity index (χ1n) is 6.20. The van der Waals surface area contributed by atoms with Gasteiger partial charge in [-0.25, -0.2) is 0 Å². The highest BCUT2D eigenvalue weighted by atomic mass is 16.5. The van der Waals surface area contributed by atoms with E-state index in [9.17, 15) is 9.90 Å². The van der Waals surface area contributed by atoms with Crippen molar-refractivity contribution in [3.8, 4) is 0 Å². The first-order chi connectivity index (χ1) is 8.72. The number of esters is 1. The Balaban J connectivity index is 2.08. The number of carbonyl (C=O) groups is 1. The summed E-state index contributed by atoms with van der Waals surface area (Å²) in [5, 5.41) is 10.3. The second-order valence-electron chi connectivity index (χ2n) is 4.64. The van der Waals surface area contributed by atoms with Crippen LogP contribution < -0.4 is 0 Å². The van der Waals surface area contributed by atoms with Gasteiger partial charge in [-0.3, -0.25) is 4.79 Å². The van der Waals surface area contributed by atoms with Crippen molar-refractivity contribution in [2.45, 2.75) is 18.9 Å². The molecule has 0 amide bonds. The van der Waals surface area contributed by atoms with Crippen LogP contribution in [-0.2, 0) is 9.53 Å². The number of hydrogen-bond donors (Lipinski definition) is 1. The maximum Gasteiger partial charge on any atom is 0.308 e. The second-order valence-corrected chi connectivity index (χ2v) is 4.64. The fourth-order valence-electron chi connectivity index (χ4n) is 2.41. The molecule has 0 fully saturated rings. The van der Waals surface area contributed by atoms with Crippen molar-refractivity contribution in [1.82, 2.24) is 0 Å². The Morgan fingerprint density at radius 1 is 1.39 bits per heavy atom. The van der Waals surface area contributed by atoms with Gasteiger partial charge in [0.2, 0.25) is 0 Å². The lowest BCUT2D eigenvalue weighted by Crippen LogP contribution is -2.24. The molecule has 1 aliphatic rings. The number of aliphatic hydroxyl groups excluding tert-OH is 1. The third-order valence-electron chi connectivity index (χ3n) is 3.44. The number of ether oxygens (including phenoxy) is 1. The molecule has 0 bridgehead atoms. The average Bonchev–Trinajstić information content (AvgIpc) is 2.46. The Morgan fingerprint density at radius 3 is 2.78 bits per heavy atom. The van der Waals surface area contributed by atoms with Crippen LogP contribution in [0, 0.1) is 11.8 Å². The highest BCUT2D eigenvalue weighted by molar-refractivity contribution is 5.72. The third kappa shape index (κ3) is 2.79. The summed E-state index contributed by atoms with van der Waals surface area (Å²) in [6, 6.07) is 9.54. The zero-order valence-corrected chi connectivity index (χ0v) is 10.5. The minimum absolute atomic E-state index is 0.0229. The Morgan fingerprint density at radius 2 is 2.11 bits per heavy atom. The predicted molar refractivity (Wildman–Crippen MR) is 68.8 cm³/mol. The molecule has 0 unspecified atom stereocenters. The van der Waals surface area contributed by atoms with Gasteiger partial charge in [-0.15, -0.1) is 0 Å². The van der Waals surface area contributed by atoms with E-state index in [2.05, 4.69) is 0 Å². The summed E-state index contributed by atoms with van der Waals surface area (Å²) < 4.78 is 4.77. The van der Waals surface area contributed by atoms with Crippen LogP contribution in [0.4, 0.5) is 0 Å². The van der Waals surface area contributed by atoms with E-state index < -0.39 is 6.10 Å². The number of rotatable bonds is 3. The summed E-state index contributed by atoms with van der Waals surface area (Å²) >= 11 is 0. The van der Waals surface area contributed by atoms with Gasteiger partial charge in [-0.1, -0.05) is 42.5 Å². The van der Waals surface area contributed by atoms with Crippen LogP contribution in [0.25, 0.3) is 0 Å². The molecule has 0 saturated carbocycles. The molecule has 1 aromatic rings. The molecular weight excluding hydrogens is 228 g/mol. The molecule has 3 atom stereocenters. The molecule has 1 aromatic carbocycles. The average molecular weight is 246 g/mol. The lowest BCUT2D eigenvalue weighted by molar-refractivity contribution is -0.146. The lowest BCUT2D eigenvalue weighted by Gasteiger charge is -2.27. The molecule has 1 N–H and O–H groups in total. The fourth-order valence-corrected chi connectivity index (χ4v) is 2.41. The van der Waals surface area contributed by atoms with E-state index in [1.54, 1.807) is 0 Å². The quantitative estimate of drug-likeness (QED) is 0.658. The van der Waals surface area contributed by atoms with Crippen molar-refractivity contribution in [2.24, 2.45) is 11.8 Å². The molecule has 1 aliphatic carbocycles. The molecule has 0 radical (unpaired) electrons. The van der Waals surface area contributed by atoms with Gasteiger partial charge >= 0.3 is 5.97 Å². The van der Waals surface area contributed by atoms with Crippen LogP contribution in [0.1, 0.15) is 24.5 Å². The van der Waals surface area contributed by atoms with Gasteiger partial charge < -0.3 is 9.84 Å². The van der Waals surface area contributed by atoms with E-state index >= 15 is 0 Å². The fraction of sp³-hybridized carbons (Fsp3) is 0.400. The minimum Gasteiger partial charge on any atom is -0.469 e. The topological polar surface area (TPSA) is 46.5 Å². The zero-order chi connectivity index (χ0) is 13.0. The number of allylic oxidation sites excluding steroid dienone is 1. The van der Waals surface area contributed by atoms with E-state index in [-0.39, 0.29) is 17.8 Å². The van der Waals surface area contributed by atoms with Crippen LogP contribution >= 0.6 is 0 Å². The van der Waals surface area contributed by atoms with E-state index in [0.717, 1.165) is 5.56 Å². The largest absolute Gasteiger partial charge is 0.469 e. The van der Waals surface area contributed by atoms with Gasteiger partial charge in [0.15, 0.2) is 0 Å². The normalized spacial score (nSPS) is 24.6. The van der Waals surface area contributed by atoms with Gasteiger partial charge in [0, 0.05) is 5.92 Å². The van der Waals surface area contributed by atoms with Crippen LogP contribution in [0.15, 0.2) is 42.5 Å². The third-order valence-corrected chi connectivity index (χ3v) is 3.44. The maximum atomic E-state index is 11.5. The summed E-state index contributed by atoms with van der Waals surface area (Å²) in [5.41, 5.74) is 0.887. The van der Waals surface area contributed by atoms with Gasteiger partial charge in [-0.05, 0) is 18.4 Å². The van der Waals surface area contributed by atoms with E-state index in [0.29, 0.717) is 12.8 Å². The Bertz CT molecular complexity index is 425. The highest BCUT2D eigenvalue weighted by Crippen LogP contribution is 2.33. The number of methoxy groups -OCH3 is 1. The number of hydrogen-bond acceptors (Lipinski definition) is 3. The van der Waals surface area contributed by atoms with Gasteiger partial charge in [0.05, 0.1) is 19.1 Å². The smallest absolute Gasteiger partial charge is 0.308 e. The van der Waals surface area contributed by atoms with Crippen LogP contribution in [0.2, 0.25) is 0 Å². The standard InChI is InChI=1S/C15H18O3/c1-18-15(17)13-9-5-8-12(10-13)14(16)11-6-3-2-4-7-11/h2-8,12-14,16H,9-10H2,1H3/t12-,13-,14+/m1/s1. The summed E-state index contributed by atoms with van der Waals surface area (Å²) in [5.74, 6) is -0.349. The predicted octanol–water partition coefficient (Wildman–Crippen LogP) is 2.48. The second kappa shape index (κ2) is 5.83. The van der Waals surface area contributed by atoms with Crippen LogP contribution in [-0.4, -0.2) is 18.2 Å². The molecule has 3 heteroatoms. The van der Waals surface area contributed by atoms with E-state index in [4.69, 9.17) is 4.74 Å². The lowest BCUT2D eigenvalue weighted by atomic mass is 9.81. The van der Waals surface area contributed by atoms with Gasteiger partial charge in [0.1, 0.15) is 0 Å². The molecule has 0 aromatic heterocycles. The molecule has 96 valence electrons. The summed E-state index contributed by atoms with van der Waals surface area (Å²) in [7, 11) is 1.41. The highest BCUT2D eigenvalue weighted by Gasteiger charge is 2.29. The molecule has 2 rings (SSSR count). The number of carbonyl (C=O) groups excluding carboxylic acids is 1. The van der Waals surface area contributed by atoms with Crippen molar-refractivity contribution < 1.29 is 14.6 Å². The summed E-state index contributed by atoms with van der Waals surface area (Å²) in [6.07, 6.45) is 4.73. The van der Waals surface area contributed by atoms with Crippen LogP contribution in [0.3, 0.4) is 0 Å². The summed E-state index contributed by atoms with van der Waals surface area (Å²) in [6.45, 7) is 0. The maximum absolute atomic E-state index is 11.5. The summed E-state index contributed by atoms with van der Waals surface area (Å²) in [4.78, 5) is 11.5. The minimum atomic E-state index is -0.560. The van der Waals surface area contributed by atoms with E-state index in [1.807, 2.05) is 42.5 Å². The van der Waals surface area contributed by atoms with Crippen molar-refractivity contribution in [3.05, 3.63) is 48.0 Å². The van der Waals surface area contributed by atoms with Crippen LogP contribution in [0.5, 0.6) is 0 Å².